The smallest absolute Gasteiger partial charge is 0.173 e. The Morgan fingerprint density at radius 2 is 1.76 bits per heavy atom. The third-order valence-corrected chi connectivity index (χ3v) is 3.43. The zero-order valence-electron chi connectivity index (χ0n) is 12.0. The molecule has 0 aliphatic carbocycles. The highest BCUT2D eigenvalue weighted by atomic mass is 32.1. The molecule has 21 heavy (non-hydrogen) atoms. The van der Waals surface area contributed by atoms with Gasteiger partial charge in [0.15, 0.2) is 5.11 Å². The number of ether oxygens (including phenoxy) is 1. The van der Waals surface area contributed by atoms with Crippen molar-refractivity contribution in [2.45, 2.75) is 6.54 Å². The maximum absolute atomic E-state index is 12.9. The SMILES string of the molecule is COc1ccc(NC(=S)N(C)Cc2ccc(F)cc2)cc1. The Labute approximate surface area is 129 Å². The molecule has 0 radical (unpaired) electrons. The van der Waals surface area contributed by atoms with Gasteiger partial charge in [0.2, 0.25) is 0 Å². The summed E-state index contributed by atoms with van der Waals surface area (Å²) in [6.07, 6.45) is 0. The molecular weight excluding hydrogens is 287 g/mol. The highest BCUT2D eigenvalue weighted by Crippen LogP contribution is 2.15. The van der Waals surface area contributed by atoms with Gasteiger partial charge in [0.25, 0.3) is 0 Å². The highest BCUT2D eigenvalue weighted by molar-refractivity contribution is 7.80. The number of nitrogens with one attached hydrogen (secondary N) is 1. The van der Waals surface area contributed by atoms with Gasteiger partial charge in [0.05, 0.1) is 7.11 Å². The zero-order chi connectivity index (χ0) is 15.2. The van der Waals surface area contributed by atoms with Crippen molar-refractivity contribution in [1.82, 2.24) is 4.90 Å². The third-order valence-electron chi connectivity index (χ3n) is 3.02. The molecule has 0 unspecified atom stereocenters. The third kappa shape index (κ3) is 4.43. The van der Waals surface area contributed by atoms with Crippen molar-refractivity contribution in [3.8, 4) is 5.75 Å². The number of hydrogen-bond acceptors (Lipinski definition) is 2. The van der Waals surface area contributed by atoms with Crippen molar-refractivity contribution >= 4 is 23.0 Å². The molecule has 0 heterocycles. The molecule has 110 valence electrons. The number of halogens is 1. The average Bonchev–Trinajstić information content (AvgIpc) is 2.50. The van der Waals surface area contributed by atoms with Crippen molar-refractivity contribution in [1.29, 1.82) is 0 Å². The van der Waals surface area contributed by atoms with E-state index in [2.05, 4.69) is 5.32 Å². The lowest BCUT2D eigenvalue weighted by Crippen LogP contribution is -2.30. The van der Waals surface area contributed by atoms with Crippen LogP contribution in [0, 0.1) is 5.82 Å². The summed E-state index contributed by atoms with van der Waals surface area (Å²) in [5, 5.41) is 3.75. The fraction of sp³-hybridized carbons (Fsp3) is 0.188. The molecule has 0 fully saturated rings. The summed E-state index contributed by atoms with van der Waals surface area (Å²) < 4.78 is 18.0. The molecule has 1 N–H and O–H groups in total. The first-order valence-electron chi connectivity index (χ1n) is 6.49. The quantitative estimate of drug-likeness (QED) is 0.871. The number of hydrogen-bond donors (Lipinski definition) is 1. The summed E-state index contributed by atoms with van der Waals surface area (Å²) in [7, 11) is 3.52. The van der Waals surface area contributed by atoms with Gasteiger partial charge in [-0.25, -0.2) is 4.39 Å². The Morgan fingerprint density at radius 3 is 2.33 bits per heavy atom. The first-order valence-corrected chi connectivity index (χ1v) is 6.90. The van der Waals surface area contributed by atoms with Crippen LogP contribution in [-0.4, -0.2) is 24.2 Å². The van der Waals surface area contributed by atoms with Crippen LogP contribution in [0.25, 0.3) is 0 Å². The first kappa shape index (κ1) is 15.3. The summed E-state index contributed by atoms with van der Waals surface area (Å²) in [4.78, 5) is 1.90. The van der Waals surface area contributed by atoms with Crippen LogP contribution in [0.5, 0.6) is 5.75 Å². The average molecular weight is 304 g/mol. The fourth-order valence-corrected chi connectivity index (χ4v) is 2.01. The largest absolute Gasteiger partial charge is 0.497 e. The van der Waals surface area contributed by atoms with E-state index in [1.165, 1.54) is 12.1 Å². The van der Waals surface area contributed by atoms with E-state index in [0.717, 1.165) is 17.0 Å². The molecular formula is C16H17FN2OS. The molecule has 0 bridgehead atoms. The van der Waals surface area contributed by atoms with Gasteiger partial charge in [-0.05, 0) is 54.2 Å². The number of methoxy groups -OCH3 is 1. The molecule has 0 aromatic heterocycles. The van der Waals surface area contributed by atoms with Crippen molar-refractivity contribution in [2.24, 2.45) is 0 Å². The highest BCUT2D eigenvalue weighted by Gasteiger charge is 2.06. The molecule has 5 heteroatoms. The van der Waals surface area contributed by atoms with E-state index in [9.17, 15) is 4.39 Å². The number of anilines is 1. The fourth-order valence-electron chi connectivity index (χ4n) is 1.83. The predicted molar refractivity (Wildman–Crippen MR) is 87.1 cm³/mol. The summed E-state index contributed by atoms with van der Waals surface area (Å²) in [6, 6.07) is 13.9. The van der Waals surface area contributed by atoms with Gasteiger partial charge in [-0.1, -0.05) is 12.1 Å². The van der Waals surface area contributed by atoms with E-state index in [0.29, 0.717) is 11.7 Å². The number of thiocarbonyl (C=S) groups is 1. The second-order valence-corrected chi connectivity index (χ2v) is 5.03. The lowest BCUT2D eigenvalue weighted by Gasteiger charge is -2.21. The minimum atomic E-state index is -0.236. The molecule has 2 aromatic rings. The second kappa shape index (κ2) is 7.04. The molecule has 0 saturated heterocycles. The van der Waals surface area contributed by atoms with Crippen LogP contribution in [-0.2, 0) is 6.54 Å². The van der Waals surface area contributed by atoms with Crippen molar-refractivity contribution in [3.05, 3.63) is 59.9 Å². The second-order valence-electron chi connectivity index (χ2n) is 4.64. The van der Waals surface area contributed by atoms with Crippen LogP contribution < -0.4 is 10.1 Å². The van der Waals surface area contributed by atoms with E-state index in [1.807, 2.05) is 36.2 Å². The maximum Gasteiger partial charge on any atom is 0.173 e. The normalized spacial score (nSPS) is 10.0. The zero-order valence-corrected chi connectivity index (χ0v) is 12.8. The first-order chi connectivity index (χ1) is 10.1. The van der Waals surface area contributed by atoms with Gasteiger partial charge in [0, 0.05) is 19.3 Å². The summed E-state index contributed by atoms with van der Waals surface area (Å²) in [5.74, 6) is 0.562. The van der Waals surface area contributed by atoms with Crippen LogP contribution in [0.2, 0.25) is 0 Å². The lowest BCUT2D eigenvalue weighted by atomic mass is 10.2. The topological polar surface area (TPSA) is 24.5 Å². The predicted octanol–water partition coefficient (Wildman–Crippen LogP) is 3.66. The molecule has 0 saturated carbocycles. The number of benzene rings is 2. The van der Waals surface area contributed by atoms with Crippen LogP contribution >= 0.6 is 12.2 Å². The van der Waals surface area contributed by atoms with Gasteiger partial charge in [-0.3, -0.25) is 0 Å². The monoisotopic (exact) mass is 304 g/mol. The van der Waals surface area contributed by atoms with Gasteiger partial charge < -0.3 is 15.0 Å². The van der Waals surface area contributed by atoms with Crippen LogP contribution in [0.15, 0.2) is 48.5 Å². The Balaban J connectivity index is 1.93. The molecule has 3 nitrogen and oxygen atoms in total. The summed E-state index contributed by atoms with van der Waals surface area (Å²) in [5.41, 5.74) is 1.89. The van der Waals surface area contributed by atoms with E-state index >= 15 is 0 Å². The standard InChI is InChI=1S/C16H17FN2OS/c1-19(11-12-3-5-13(17)6-4-12)16(21)18-14-7-9-15(20-2)10-8-14/h3-10H,11H2,1-2H3,(H,18,21). The maximum atomic E-state index is 12.9. The summed E-state index contributed by atoms with van der Waals surface area (Å²) in [6.45, 7) is 0.613. The minimum Gasteiger partial charge on any atom is -0.497 e. The van der Waals surface area contributed by atoms with Crippen LogP contribution in [0.3, 0.4) is 0 Å². The summed E-state index contributed by atoms with van der Waals surface area (Å²) >= 11 is 5.35. The Hall–Kier alpha value is -2.14. The Morgan fingerprint density at radius 1 is 1.14 bits per heavy atom. The Kier molecular flexibility index (Phi) is 5.11. The van der Waals surface area contributed by atoms with Crippen molar-refractivity contribution in [3.63, 3.8) is 0 Å². The minimum absolute atomic E-state index is 0.236. The number of rotatable bonds is 4. The van der Waals surface area contributed by atoms with Crippen LogP contribution in [0.1, 0.15) is 5.56 Å². The van der Waals surface area contributed by atoms with E-state index < -0.39 is 0 Å². The van der Waals surface area contributed by atoms with E-state index in [4.69, 9.17) is 17.0 Å². The molecule has 0 aliphatic heterocycles. The molecule has 0 aliphatic rings. The van der Waals surface area contributed by atoms with Gasteiger partial charge >= 0.3 is 0 Å². The molecule has 2 rings (SSSR count). The van der Waals surface area contributed by atoms with Crippen LogP contribution in [0.4, 0.5) is 10.1 Å². The lowest BCUT2D eigenvalue weighted by molar-refractivity contribution is 0.415. The van der Waals surface area contributed by atoms with Crippen molar-refractivity contribution < 1.29 is 9.13 Å². The number of nitrogens with zero attached hydrogens (tertiary/aromatic N) is 1. The molecule has 2 aromatic carbocycles. The van der Waals surface area contributed by atoms with Gasteiger partial charge in [-0.2, -0.15) is 0 Å². The Bertz CT molecular complexity index is 599. The van der Waals surface area contributed by atoms with Crippen molar-refractivity contribution in [2.75, 3.05) is 19.5 Å². The van der Waals surface area contributed by atoms with Gasteiger partial charge in [-0.15, -0.1) is 0 Å². The van der Waals surface area contributed by atoms with E-state index in [-0.39, 0.29) is 5.82 Å². The van der Waals surface area contributed by atoms with E-state index in [1.54, 1.807) is 19.2 Å². The molecule has 0 atom stereocenters. The molecule has 0 spiro atoms. The van der Waals surface area contributed by atoms with Gasteiger partial charge in [0.1, 0.15) is 11.6 Å². The molecule has 0 amide bonds.